The third kappa shape index (κ3) is 2.60. The molecule has 0 aliphatic rings. The van der Waals surface area contributed by atoms with E-state index in [9.17, 15) is 9.90 Å². The van der Waals surface area contributed by atoms with Gasteiger partial charge in [-0.05, 0) is 24.5 Å². The minimum atomic E-state index is -0.767. The van der Waals surface area contributed by atoms with E-state index < -0.39 is 6.10 Å². The van der Waals surface area contributed by atoms with Gasteiger partial charge in [0.2, 0.25) is 0 Å². The van der Waals surface area contributed by atoms with Crippen LogP contribution in [0.25, 0.3) is 10.9 Å². The van der Waals surface area contributed by atoms with Crippen molar-refractivity contribution >= 4 is 28.3 Å². The third-order valence-electron chi connectivity index (χ3n) is 3.60. The highest BCUT2D eigenvalue weighted by Crippen LogP contribution is 2.25. The number of aliphatic hydroxyl groups excluding tert-OH is 1. The fourth-order valence-electron chi connectivity index (χ4n) is 2.46. The van der Waals surface area contributed by atoms with E-state index >= 15 is 0 Å². The summed E-state index contributed by atoms with van der Waals surface area (Å²) < 4.78 is 5.70. The molecule has 0 radical (unpaired) electrons. The Morgan fingerprint density at radius 1 is 1.45 bits per heavy atom. The molecule has 1 amide bonds. The van der Waals surface area contributed by atoms with Crippen molar-refractivity contribution in [2.24, 2.45) is 7.05 Å². The zero-order valence-corrected chi connectivity index (χ0v) is 13.1. The number of aliphatic hydroxyl groups is 1. The van der Waals surface area contributed by atoms with Crippen LogP contribution in [0.2, 0.25) is 0 Å². The van der Waals surface area contributed by atoms with E-state index in [2.05, 4.69) is 14.9 Å². The molecule has 2 N–H and O–H groups in total. The van der Waals surface area contributed by atoms with E-state index in [1.165, 1.54) is 0 Å². The summed E-state index contributed by atoms with van der Waals surface area (Å²) in [5, 5.41) is 17.9. The van der Waals surface area contributed by atoms with Crippen LogP contribution < -0.4 is 5.32 Å². The monoisotopic (exact) mass is 316 g/mol. The van der Waals surface area contributed by atoms with Crippen LogP contribution in [0.1, 0.15) is 27.0 Å². The van der Waals surface area contributed by atoms with Crippen molar-refractivity contribution < 1.29 is 9.90 Å². The Morgan fingerprint density at radius 2 is 2.23 bits per heavy atom. The van der Waals surface area contributed by atoms with E-state index in [4.69, 9.17) is 0 Å². The summed E-state index contributed by atoms with van der Waals surface area (Å²) in [7, 11) is 1.93. The second-order valence-corrected chi connectivity index (χ2v) is 5.88. The lowest BCUT2D eigenvalue weighted by molar-refractivity contribution is 0.0920. The van der Waals surface area contributed by atoms with Crippen LogP contribution >= 0.6 is 11.5 Å². The first-order valence-electron chi connectivity index (χ1n) is 6.87. The molecular formula is C15H16N4O2S. The molecule has 0 aliphatic carbocycles. The molecule has 3 aromatic rings. The molecule has 1 atom stereocenters. The minimum absolute atomic E-state index is 0.143. The average Bonchev–Trinajstić information content (AvgIpc) is 3.09. The van der Waals surface area contributed by atoms with Crippen molar-refractivity contribution in [2.75, 3.05) is 6.54 Å². The van der Waals surface area contributed by atoms with Gasteiger partial charge in [-0.15, -0.1) is 5.10 Å². The van der Waals surface area contributed by atoms with Crippen molar-refractivity contribution in [3.63, 3.8) is 0 Å². The van der Waals surface area contributed by atoms with Gasteiger partial charge < -0.3 is 15.0 Å². The highest BCUT2D eigenvalue weighted by Gasteiger charge is 2.18. The van der Waals surface area contributed by atoms with E-state index in [0.29, 0.717) is 10.6 Å². The fraction of sp³-hybridized carbons (Fsp3) is 0.267. The minimum Gasteiger partial charge on any atom is -0.386 e. The Kier molecular flexibility index (Phi) is 3.91. The molecule has 1 aromatic carbocycles. The number of amides is 1. The topological polar surface area (TPSA) is 80.0 Å². The van der Waals surface area contributed by atoms with Crippen molar-refractivity contribution in [3.05, 3.63) is 46.6 Å². The van der Waals surface area contributed by atoms with Crippen LogP contribution in [0.3, 0.4) is 0 Å². The van der Waals surface area contributed by atoms with Gasteiger partial charge in [-0.1, -0.05) is 22.7 Å². The molecule has 0 saturated heterocycles. The summed E-state index contributed by atoms with van der Waals surface area (Å²) in [5.41, 5.74) is 2.45. The smallest absolute Gasteiger partial charge is 0.265 e. The zero-order chi connectivity index (χ0) is 15.7. The average molecular weight is 316 g/mol. The van der Waals surface area contributed by atoms with Gasteiger partial charge in [0.1, 0.15) is 4.88 Å². The number of rotatable bonds is 4. The quantitative estimate of drug-likeness (QED) is 0.769. The molecule has 114 valence electrons. The molecule has 0 fully saturated rings. The van der Waals surface area contributed by atoms with Gasteiger partial charge >= 0.3 is 0 Å². The number of hydrogen-bond acceptors (Lipinski definition) is 5. The Hall–Kier alpha value is -2.25. The molecule has 1 unspecified atom stereocenters. The third-order valence-corrected chi connectivity index (χ3v) is 4.43. The fourth-order valence-corrected chi connectivity index (χ4v) is 3.03. The first-order chi connectivity index (χ1) is 10.6. The second kappa shape index (κ2) is 5.86. The predicted molar refractivity (Wildman–Crippen MR) is 84.9 cm³/mol. The maximum Gasteiger partial charge on any atom is 0.265 e. The van der Waals surface area contributed by atoms with Crippen LogP contribution in [0.15, 0.2) is 30.5 Å². The van der Waals surface area contributed by atoms with Gasteiger partial charge in [0.25, 0.3) is 5.91 Å². The predicted octanol–water partition coefficient (Wildman–Crippen LogP) is 1.80. The SMILES string of the molecule is Cc1nnsc1C(=O)NCC(O)c1cn(C)c2ccccc12. The Balaban J connectivity index is 1.75. The zero-order valence-electron chi connectivity index (χ0n) is 12.3. The molecule has 22 heavy (non-hydrogen) atoms. The maximum atomic E-state index is 12.0. The first-order valence-corrected chi connectivity index (χ1v) is 7.64. The van der Waals surface area contributed by atoms with E-state index in [0.717, 1.165) is 28.0 Å². The van der Waals surface area contributed by atoms with Crippen molar-refractivity contribution in [3.8, 4) is 0 Å². The summed E-state index contributed by atoms with van der Waals surface area (Å²) in [6, 6.07) is 7.85. The van der Waals surface area contributed by atoms with Gasteiger partial charge in [0, 0.05) is 36.3 Å². The lowest BCUT2D eigenvalue weighted by Gasteiger charge is -2.10. The lowest BCUT2D eigenvalue weighted by Crippen LogP contribution is -2.28. The number of para-hydroxylation sites is 1. The van der Waals surface area contributed by atoms with Crippen LogP contribution in [0, 0.1) is 6.92 Å². The molecule has 0 aliphatic heterocycles. The standard InChI is InChI=1S/C15H16N4O2S/c1-9-14(22-18-17-9)15(21)16-7-13(20)11-8-19(2)12-6-4-3-5-10(11)12/h3-6,8,13,20H,7H2,1-2H3,(H,16,21). The lowest BCUT2D eigenvalue weighted by atomic mass is 10.1. The summed E-state index contributed by atoms with van der Waals surface area (Å²) in [4.78, 5) is 12.5. The molecule has 0 saturated carbocycles. The molecular weight excluding hydrogens is 300 g/mol. The molecule has 6 nitrogen and oxygen atoms in total. The van der Waals surface area contributed by atoms with E-state index in [-0.39, 0.29) is 12.5 Å². The summed E-state index contributed by atoms with van der Waals surface area (Å²) in [6.07, 6.45) is 1.12. The van der Waals surface area contributed by atoms with Gasteiger partial charge in [0.15, 0.2) is 0 Å². The molecule has 0 spiro atoms. The number of aromatic nitrogens is 3. The number of fused-ring (bicyclic) bond motifs is 1. The van der Waals surface area contributed by atoms with E-state index in [1.807, 2.05) is 42.1 Å². The van der Waals surface area contributed by atoms with Crippen LogP contribution in [-0.2, 0) is 7.05 Å². The molecule has 7 heteroatoms. The van der Waals surface area contributed by atoms with Crippen LogP contribution in [-0.4, -0.2) is 31.7 Å². The summed E-state index contributed by atoms with van der Waals surface area (Å²) >= 11 is 1.05. The molecule has 0 bridgehead atoms. The number of nitrogens with one attached hydrogen (secondary N) is 1. The van der Waals surface area contributed by atoms with E-state index in [1.54, 1.807) is 6.92 Å². The Bertz CT molecular complexity index is 824. The largest absolute Gasteiger partial charge is 0.386 e. The van der Waals surface area contributed by atoms with Crippen molar-refractivity contribution in [1.29, 1.82) is 0 Å². The van der Waals surface area contributed by atoms with Gasteiger partial charge in [-0.25, -0.2) is 0 Å². The summed E-state index contributed by atoms with van der Waals surface area (Å²) in [6.45, 7) is 1.88. The number of carbonyl (C=O) groups is 1. The Labute approximate surface area is 131 Å². The van der Waals surface area contributed by atoms with Gasteiger partial charge in [-0.3, -0.25) is 4.79 Å². The number of hydrogen-bond donors (Lipinski definition) is 2. The molecule has 3 rings (SSSR count). The number of carbonyl (C=O) groups excluding carboxylic acids is 1. The van der Waals surface area contributed by atoms with Crippen LogP contribution in [0.4, 0.5) is 0 Å². The second-order valence-electron chi connectivity index (χ2n) is 5.13. The van der Waals surface area contributed by atoms with Gasteiger partial charge in [0.05, 0.1) is 11.8 Å². The normalized spacial score (nSPS) is 12.5. The van der Waals surface area contributed by atoms with Gasteiger partial charge in [-0.2, -0.15) is 0 Å². The highest BCUT2D eigenvalue weighted by molar-refractivity contribution is 7.07. The van der Waals surface area contributed by atoms with Crippen molar-refractivity contribution in [1.82, 2.24) is 19.5 Å². The first kappa shape index (κ1) is 14.7. The Morgan fingerprint density at radius 3 is 2.95 bits per heavy atom. The molecule has 2 aromatic heterocycles. The number of aryl methyl sites for hydroxylation is 2. The number of nitrogens with zero attached hydrogens (tertiary/aromatic N) is 3. The summed E-state index contributed by atoms with van der Waals surface area (Å²) in [5.74, 6) is -0.258. The number of benzene rings is 1. The maximum absolute atomic E-state index is 12.0. The highest BCUT2D eigenvalue weighted by atomic mass is 32.1. The van der Waals surface area contributed by atoms with Crippen molar-refractivity contribution in [2.45, 2.75) is 13.0 Å². The molecule has 2 heterocycles. The van der Waals surface area contributed by atoms with Crippen LogP contribution in [0.5, 0.6) is 0 Å².